The summed E-state index contributed by atoms with van der Waals surface area (Å²) in [6.07, 6.45) is 2.05. The van der Waals surface area contributed by atoms with Crippen LogP contribution in [0.15, 0.2) is 18.2 Å². The fraction of sp³-hybridized carbons (Fsp3) is 0.412. The first-order valence-corrected chi connectivity index (χ1v) is 8.13. The van der Waals surface area contributed by atoms with Crippen LogP contribution >= 0.6 is 0 Å². The zero-order chi connectivity index (χ0) is 17.3. The van der Waals surface area contributed by atoms with Gasteiger partial charge in [-0.25, -0.2) is 4.68 Å². The SMILES string of the molecule is CCNC(=O)c1ccc(-n2nnc(C(=O)NC3CC3)c2C)c(C)c1. The number of aryl methyl sites for hydroxylation is 1. The van der Waals surface area contributed by atoms with Crippen LogP contribution in [0.3, 0.4) is 0 Å². The molecule has 7 nitrogen and oxygen atoms in total. The number of hydrogen-bond donors (Lipinski definition) is 2. The zero-order valence-electron chi connectivity index (χ0n) is 14.1. The molecule has 1 aliphatic rings. The number of carbonyl (C=O) groups excluding carboxylic acids is 2. The van der Waals surface area contributed by atoms with E-state index in [1.807, 2.05) is 32.9 Å². The third-order valence-electron chi connectivity index (χ3n) is 4.05. The molecule has 2 aromatic rings. The molecule has 24 heavy (non-hydrogen) atoms. The predicted octanol–water partition coefficient (Wildman–Crippen LogP) is 1.53. The lowest BCUT2D eigenvalue weighted by Gasteiger charge is -2.10. The van der Waals surface area contributed by atoms with Crippen LogP contribution in [-0.4, -0.2) is 39.4 Å². The molecular weight excluding hydrogens is 306 g/mol. The molecule has 2 N–H and O–H groups in total. The van der Waals surface area contributed by atoms with E-state index in [2.05, 4.69) is 20.9 Å². The van der Waals surface area contributed by atoms with E-state index in [0.717, 1.165) is 24.1 Å². The zero-order valence-corrected chi connectivity index (χ0v) is 14.1. The number of aromatic nitrogens is 3. The second-order valence-corrected chi connectivity index (χ2v) is 6.04. The second kappa shape index (κ2) is 6.43. The van der Waals surface area contributed by atoms with Gasteiger partial charge in [0, 0.05) is 18.2 Å². The Morgan fingerprint density at radius 3 is 2.62 bits per heavy atom. The third-order valence-corrected chi connectivity index (χ3v) is 4.05. The maximum atomic E-state index is 12.2. The number of nitrogens with one attached hydrogen (secondary N) is 2. The van der Waals surface area contributed by atoms with Crippen LogP contribution in [0.1, 0.15) is 51.9 Å². The lowest BCUT2D eigenvalue weighted by Crippen LogP contribution is -2.26. The van der Waals surface area contributed by atoms with Gasteiger partial charge in [-0.2, -0.15) is 0 Å². The molecule has 0 radical (unpaired) electrons. The van der Waals surface area contributed by atoms with Gasteiger partial charge in [-0.05, 0) is 57.4 Å². The summed E-state index contributed by atoms with van der Waals surface area (Å²) in [5, 5.41) is 13.8. The first kappa shape index (κ1) is 16.2. The molecule has 1 aromatic heterocycles. The number of amides is 2. The summed E-state index contributed by atoms with van der Waals surface area (Å²) in [5.41, 5.74) is 3.32. The number of nitrogens with zero attached hydrogens (tertiary/aromatic N) is 3. The van der Waals surface area contributed by atoms with E-state index in [1.54, 1.807) is 10.7 Å². The third kappa shape index (κ3) is 3.15. The topological polar surface area (TPSA) is 88.9 Å². The fourth-order valence-corrected chi connectivity index (χ4v) is 2.55. The number of carbonyl (C=O) groups is 2. The molecule has 0 aliphatic heterocycles. The van der Waals surface area contributed by atoms with E-state index in [0.29, 0.717) is 23.5 Å². The van der Waals surface area contributed by atoms with E-state index in [1.165, 1.54) is 0 Å². The van der Waals surface area contributed by atoms with Crippen molar-refractivity contribution in [1.82, 2.24) is 25.6 Å². The van der Waals surface area contributed by atoms with Gasteiger partial charge in [-0.15, -0.1) is 5.10 Å². The Balaban J connectivity index is 1.87. The van der Waals surface area contributed by atoms with Crippen molar-refractivity contribution in [3.8, 4) is 5.69 Å². The number of hydrogen-bond acceptors (Lipinski definition) is 4. The van der Waals surface area contributed by atoms with Gasteiger partial charge in [-0.1, -0.05) is 5.21 Å². The average Bonchev–Trinajstić information content (AvgIpc) is 3.28. The van der Waals surface area contributed by atoms with Gasteiger partial charge in [0.05, 0.1) is 11.4 Å². The van der Waals surface area contributed by atoms with Crippen molar-refractivity contribution in [1.29, 1.82) is 0 Å². The number of benzene rings is 1. The highest BCUT2D eigenvalue weighted by Crippen LogP contribution is 2.21. The van der Waals surface area contributed by atoms with Gasteiger partial charge >= 0.3 is 0 Å². The molecule has 0 bridgehead atoms. The molecule has 2 amide bonds. The average molecular weight is 327 g/mol. The lowest BCUT2D eigenvalue weighted by atomic mass is 10.1. The molecule has 0 saturated heterocycles. The van der Waals surface area contributed by atoms with Crippen molar-refractivity contribution in [2.45, 2.75) is 39.7 Å². The summed E-state index contributed by atoms with van der Waals surface area (Å²) < 4.78 is 1.64. The van der Waals surface area contributed by atoms with Crippen molar-refractivity contribution in [3.05, 3.63) is 40.7 Å². The van der Waals surface area contributed by atoms with E-state index in [4.69, 9.17) is 0 Å². The van der Waals surface area contributed by atoms with Gasteiger partial charge in [0.2, 0.25) is 0 Å². The summed E-state index contributed by atoms with van der Waals surface area (Å²) in [4.78, 5) is 24.1. The Bertz CT molecular complexity index is 792. The van der Waals surface area contributed by atoms with Gasteiger partial charge < -0.3 is 10.6 Å². The first-order valence-electron chi connectivity index (χ1n) is 8.13. The van der Waals surface area contributed by atoms with Crippen molar-refractivity contribution in [2.24, 2.45) is 0 Å². The standard InChI is InChI=1S/C17H21N5O2/c1-4-18-16(23)12-5-8-14(10(2)9-12)22-11(3)15(20-21-22)17(24)19-13-6-7-13/h5,8-9,13H,4,6-7H2,1-3H3,(H,18,23)(H,19,24). The Kier molecular flexibility index (Phi) is 4.33. The van der Waals surface area contributed by atoms with E-state index >= 15 is 0 Å². The maximum absolute atomic E-state index is 12.2. The van der Waals surface area contributed by atoms with E-state index < -0.39 is 0 Å². The largest absolute Gasteiger partial charge is 0.352 e. The first-order chi connectivity index (χ1) is 11.5. The van der Waals surface area contributed by atoms with Crippen LogP contribution in [0.2, 0.25) is 0 Å². The van der Waals surface area contributed by atoms with Gasteiger partial charge in [0.15, 0.2) is 5.69 Å². The molecule has 0 atom stereocenters. The highest BCUT2D eigenvalue weighted by atomic mass is 16.2. The molecule has 7 heteroatoms. The quantitative estimate of drug-likeness (QED) is 0.871. The summed E-state index contributed by atoms with van der Waals surface area (Å²) in [6, 6.07) is 5.66. The Labute approximate surface area is 140 Å². The maximum Gasteiger partial charge on any atom is 0.273 e. The van der Waals surface area contributed by atoms with Crippen LogP contribution in [0, 0.1) is 13.8 Å². The number of rotatable bonds is 5. The van der Waals surface area contributed by atoms with Crippen LogP contribution < -0.4 is 10.6 Å². The van der Waals surface area contributed by atoms with Crippen molar-refractivity contribution in [2.75, 3.05) is 6.54 Å². The van der Waals surface area contributed by atoms with Crippen LogP contribution in [0.4, 0.5) is 0 Å². The molecule has 126 valence electrons. The molecule has 0 spiro atoms. The summed E-state index contributed by atoms with van der Waals surface area (Å²) in [7, 11) is 0. The minimum absolute atomic E-state index is 0.105. The van der Waals surface area contributed by atoms with Crippen LogP contribution in [-0.2, 0) is 0 Å². The molecular formula is C17H21N5O2. The molecule has 1 saturated carbocycles. The normalized spacial score (nSPS) is 13.6. The Hall–Kier alpha value is -2.70. The predicted molar refractivity (Wildman–Crippen MR) is 89.3 cm³/mol. The summed E-state index contributed by atoms with van der Waals surface area (Å²) >= 11 is 0. The molecule has 1 fully saturated rings. The van der Waals surface area contributed by atoms with Gasteiger partial charge in [-0.3, -0.25) is 9.59 Å². The summed E-state index contributed by atoms with van der Waals surface area (Å²) in [6.45, 7) is 6.19. The van der Waals surface area contributed by atoms with Crippen molar-refractivity contribution >= 4 is 11.8 Å². The fourth-order valence-electron chi connectivity index (χ4n) is 2.55. The van der Waals surface area contributed by atoms with Crippen molar-refractivity contribution < 1.29 is 9.59 Å². The smallest absolute Gasteiger partial charge is 0.273 e. The molecule has 0 unspecified atom stereocenters. The van der Waals surface area contributed by atoms with E-state index in [-0.39, 0.29) is 17.9 Å². The highest BCUT2D eigenvalue weighted by molar-refractivity contribution is 5.95. The Morgan fingerprint density at radius 2 is 2.00 bits per heavy atom. The lowest BCUT2D eigenvalue weighted by molar-refractivity contribution is 0.0940. The van der Waals surface area contributed by atoms with Crippen LogP contribution in [0.25, 0.3) is 5.69 Å². The molecule has 1 aliphatic carbocycles. The summed E-state index contributed by atoms with van der Waals surface area (Å²) in [5.74, 6) is -0.287. The minimum atomic E-state index is -0.183. The molecule has 1 aromatic carbocycles. The molecule has 3 rings (SSSR count). The highest BCUT2D eigenvalue weighted by Gasteiger charge is 2.26. The Morgan fingerprint density at radius 1 is 1.25 bits per heavy atom. The van der Waals surface area contributed by atoms with Crippen molar-refractivity contribution in [3.63, 3.8) is 0 Å². The second-order valence-electron chi connectivity index (χ2n) is 6.04. The van der Waals surface area contributed by atoms with E-state index in [9.17, 15) is 9.59 Å². The van der Waals surface area contributed by atoms with Gasteiger partial charge in [0.25, 0.3) is 11.8 Å². The minimum Gasteiger partial charge on any atom is -0.352 e. The molecule has 1 heterocycles. The van der Waals surface area contributed by atoms with Gasteiger partial charge in [0.1, 0.15) is 0 Å². The monoisotopic (exact) mass is 327 g/mol. The van der Waals surface area contributed by atoms with Crippen LogP contribution in [0.5, 0.6) is 0 Å².